The number of carbonyl (C=O) groups is 1. The Labute approximate surface area is 201 Å². The van der Waals surface area contributed by atoms with Crippen molar-refractivity contribution < 1.29 is 14.3 Å². The molecule has 0 saturated heterocycles. The SMILES string of the molecule is Cc1nnc(-c2cnc(Nc3ccc4c(c3)C(C)(C)NC4=O)nc2NC(CO)c2ccccc2)o1. The third-order valence-corrected chi connectivity index (χ3v) is 5.86. The van der Waals surface area contributed by atoms with Crippen LogP contribution >= 0.6 is 0 Å². The molecule has 0 radical (unpaired) electrons. The molecule has 10 heteroatoms. The molecule has 0 spiro atoms. The molecule has 178 valence electrons. The molecule has 1 atom stereocenters. The maximum atomic E-state index is 12.2. The fourth-order valence-corrected chi connectivity index (χ4v) is 4.08. The normalized spacial score (nSPS) is 14.8. The Morgan fingerprint density at radius 3 is 2.63 bits per heavy atom. The summed E-state index contributed by atoms with van der Waals surface area (Å²) < 4.78 is 5.61. The maximum absolute atomic E-state index is 12.2. The molecule has 0 bridgehead atoms. The third kappa shape index (κ3) is 4.43. The number of anilines is 3. The van der Waals surface area contributed by atoms with E-state index < -0.39 is 11.6 Å². The highest BCUT2D eigenvalue weighted by molar-refractivity contribution is 6.00. The molecule has 2 aromatic carbocycles. The number of aliphatic hydroxyl groups is 1. The smallest absolute Gasteiger partial charge is 0.253 e. The van der Waals surface area contributed by atoms with E-state index in [4.69, 9.17) is 4.42 Å². The lowest BCUT2D eigenvalue weighted by Gasteiger charge is -2.20. The topological polar surface area (TPSA) is 138 Å². The van der Waals surface area contributed by atoms with Crippen LogP contribution in [0.5, 0.6) is 0 Å². The van der Waals surface area contributed by atoms with Crippen molar-refractivity contribution in [3.63, 3.8) is 0 Å². The number of hydrogen-bond donors (Lipinski definition) is 4. The molecule has 3 heterocycles. The lowest BCUT2D eigenvalue weighted by Crippen LogP contribution is -2.32. The Bertz CT molecular complexity index is 1390. The van der Waals surface area contributed by atoms with Crippen LogP contribution in [0.3, 0.4) is 0 Å². The van der Waals surface area contributed by atoms with Crippen LogP contribution in [0.4, 0.5) is 17.5 Å². The van der Waals surface area contributed by atoms with Crippen LogP contribution in [0.25, 0.3) is 11.5 Å². The summed E-state index contributed by atoms with van der Waals surface area (Å²) in [5.74, 6) is 1.35. The Morgan fingerprint density at radius 2 is 1.91 bits per heavy atom. The van der Waals surface area contributed by atoms with Crippen LogP contribution in [0, 0.1) is 6.92 Å². The minimum Gasteiger partial charge on any atom is -0.421 e. The lowest BCUT2D eigenvalue weighted by atomic mass is 9.94. The van der Waals surface area contributed by atoms with Crippen LogP contribution in [0.2, 0.25) is 0 Å². The monoisotopic (exact) mass is 471 g/mol. The number of aryl methyl sites for hydroxylation is 1. The first-order valence-electron chi connectivity index (χ1n) is 11.2. The summed E-state index contributed by atoms with van der Waals surface area (Å²) in [5, 5.41) is 27.5. The molecular weight excluding hydrogens is 446 g/mol. The van der Waals surface area contributed by atoms with Gasteiger partial charge in [0.1, 0.15) is 5.82 Å². The van der Waals surface area contributed by atoms with Crippen molar-refractivity contribution in [2.45, 2.75) is 32.4 Å². The molecule has 0 aliphatic carbocycles. The van der Waals surface area contributed by atoms with Gasteiger partial charge in [0.25, 0.3) is 11.8 Å². The van der Waals surface area contributed by atoms with E-state index in [0.29, 0.717) is 28.8 Å². The second kappa shape index (κ2) is 8.80. The van der Waals surface area contributed by atoms with Gasteiger partial charge in [0.2, 0.25) is 11.8 Å². The lowest BCUT2D eigenvalue weighted by molar-refractivity contribution is 0.0940. The van der Waals surface area contributed by atoms with Gasteiger partial charge in [-0.25, -0.2) is 4.98 Å². The Hall–Kier alpha value is -4.31. The summed E-state index contributed by atoms with van der Waals surface area (Å²) in [4.78, 5) is 21.3. The Morgan fingerprint density at radius 1 is 1.11 bits per heavy atom. The molecule has 1 amide bonds. The standard InChI is InChI=1S/C25H25N7O3/c1-14-31-32-23(35-14)18-12-26-24(29-21(18)28-20(13-33)15-7-5-4-6-8-15)27-16-9-10-17-19(11-16)25(2,3)30-22(17)34/h4-12,20,33H,13H2,1-3H3,(H,30,34)(H2,26,27,28,29). The molecule has 1 aliphatic rings. The van der Waals surface area contributed by atoms with Gasteiger partial charge < -0.3 is 25.5 Å². The number of hydrogen-bond acceptors (Lipinski definition) is 9. The van der Waals surface area contributed by atoms with Crippen LogP contribution < -0.4 is 16.0 Å². The number of amides is 1. The molecule has 4 aromatic rings. The first kappa shape index (κ1) is 22.5. The summed E-state index contributed by atoms with van der Waals surface area (Å²) in [6, 6.07) is 14.7. The highest BCUT2D eigenvalue weighted by Crippen LogP contribution is 2.34. The number of fused-ring (bicyclic) bond motifs is 1. The maximum Gasteiger partial charge on any atom is 0.253 e. The predicted octanol–water partition coefficient (Wildman–Crippen LogP) is 3.70. The van der Waals surface area contributed by atoms with Crippen LogP contribution in [-0.4, -0.2) is 37.8 Å². The van der Waals surface area contributed by atoms with Gasteiger partial charge in [0.05, 0.1) is 23.8 Å². The van der Waals surface area contributed by atoms with E-state index in [1.165, 1.54) is 0 Å². The minimum absolute atomic E-state index is 0.0885. The van der Waals surface area contributed by atoms with Gasteiger partial charge >= 0.3 is 0 Å². The van der Waals surface area contributed by atoms with E-state index in [9.17, 15) is 9.90 Å². The summed E-state index contributed by atoms with van der Waals surface area (Å²) in [7, 11) is 0. The van der Waals surface area contributed by atoms with E-state index >= 15 is 0 Å². The molecule has 2 aromatic heterocycles. The average Bonchev–Trinajstić information content (AvgIpc) is 3.37. The molecule has 0 fully saturated rings. The van der Waals surface area contributed by atoms with Crippen molar-refractivity contribution in [1.82, 2.24) is 25.5 Å². The summed E-state index contributed by atoms with van der Waals surface area (Å²) >= 11 is 0. The van der Waals surface area contributed by atoms with Crippen LogP contribution in [0.15, 0.2) is 59.1 Å². The second-order valence-corrected chi connectivity index (χ2v) is 8.84. The van der Waals surface area contributed by atoms with E-state index in [0.717, 1.165) is 16.8 Å². The van der Waals surface area contributed by atoms with E-state index in [-0.39, 0.29) is 18.4 Å². The largest absolute Gasteiger partial charge is 0.421 e. The summed E-state index contributed by atoms with van der Waals surface area (Å²) in [6.45, 7) is 5.47. The molecule has 10 nitrogen and oxygen atoms in total. The van der Waals surface area contributed by atoms with Gasteiger partial charge in [-0.15, -0.1) is 10.2 Å². The van der Waals surface area contributed by atoms with Gasteiger partial charge in [-0.1, -0.05) is 30.3 Å². The zero-order valence-electron chi connectivity index (χ0n) is 19.5. The first-order valence-corrected chi connectivity index (χ1v) is 11.2. The quantitative estimate of drug-likeness (QED) is 0.318. The van der Waals surface area contributed by atoms with E-state index in [2.05, 4.69) is 36.1 Å². The van der Waals surface area contributed by atoms with Crippen molar-refractivity contribution in [3.05, 3.63) is 77.3 Å². The molecule has 35 heavy (non-hydrogen) atoms. The van der Waals surface area contributed by atoms with Crippen molar-refractivity contribution in [2.24, 2.45) is 0 Å². The van der Waals surface area contributed by atoms with Crippen molar-refractivity contribution in [1.29, 1.82) is 0 Å². The summed E-state index contributed by atoms with van der Waals surface area (Å²) in [5.41, 5.74) is 3.22. The second-order valence-electron chi connectivity index (χ2n) is 8.84. The average molecular weight is 472 g/mol. The minimum atomic E-state index is -0.471. The zero-order valence-corrected chi connectivity index (χ0v) is 19.5. The molecular formula is C25H25N7O3. The summed E-state index contributed by atoms with van der Waals surface area (Å²) in [6.07, 6.45) is 1.59. The van der Waals surface area contributed by atoms with Crippen molar-refractivity contribution in [3.8, 4) is 11.5 Å². The highest BCUT2D eigenvalue weighted by atomic mass is 16.4. The number of aliphatic hydroxyl groups excluding tert-OH is 1. The number of nitrogens with one attached hydrogen (secondary N) is 3. The van der Waals surface area contributed by atoms with Gasteiger partial charge in [-0.05, 0) is 43.2 Å². The van der Waals surface area contributed by atoms with Crippen molar-refractivity contribution >= 4 is 23.4 Å². The number of benzene rings is 2. The number of nitrogens with zero attached hydrogens (tertiary/aromatic N) is 4. The first-order chi connectivity index (χ1) is 16.8. The predicted molar refractivity (Wildman–Crippen MR) is 130 cm³/mol. The zero-order chi connectivity index (χ0) is 24.6. The fraction of sp³-hybridized carbons (Fsp3) is 0.240. The van der Waals surface area contributed by atoms with Gasteiger partial charge in [0.15, 0.2) is 0 Å². The number of carbonyl (C=O) groups excluding carboxylic acids is 1. The fourth-order valence-electron chi connectivity index (χ4n) is 4.08. The Balaban J connectivity index is 1.50. The molecule has 4 N–H and O–H groups in total. The van der Waals surface area contributed by atoms with E-state index in [1.54, 1.807) is 19.2 Å². The van der Waals surface area contributed by atoms with Gasteiger partial charge in [0, 0.05) is 24.4 Å². The van der Waals surface area contributed by atoms with Crippen LogP contribution in [0.1, 0.15) is 47.3 Å². The molecule has 1 unspecified atom stereocenters. The molecule has 1 aliphatic heterocycles. The molecule has 5 rings (SSSR count). The van der Waals surface area contributed by atoms with Gasteiger partial charge in [-0.3, -0.25) is 4.79 Å². The van der Waals surface area contributed by atoms with E-state index in [1.807, 2.05) is 56.3 Å². The number of aromatic nitrogens is 4. The van der Waals surface area contributed by atoms with Crippen LogP contribution in [-0.2, 0) is 5.54 Å². The van der Waals surface area contributed by atoms with Crippen molar-refractivity contribution in [2.75, 3.05) is 17.2 Å². The third-order valence-electron chi connectivity index (χ3n) is 5.86. The molecule has 0 saturated carbocycles. The highest BCUT2D eigenvalue weighted by Gasteiger charge is 2.35. The van der Waals surface area contributed by atoms with Gasteiger partial charge in [-0.2, -0.15) is 4.98 Å². The number of rotatable bonds is 7. The Kier molecular flexibility index (Phi) is 5.65.